The van der Waals surface area contributed by atoms with Crippen LogP contribution in [0.5, 0.6) is 0 Å². The van der Waals surface area contributed by atoms with Crippen LogP contribution in [0.15, 0.2) is 48.7 Å². The average molecular weight is 297 g/mol. The summed E-state index contributed by atoms with van der Waals surface area (Å²) in [6.45, 7) is 1.89. The van der Waals surface area contributed by atoms with Crippen LogP contribution in [-0.4, -0.2) is 28.5 Å². The molecule has 1 N–H and O–H groups in total. The smallest absolute Gasteiger partial charge is 0.225 e. The van der Waals surface area contributed by atoms with Crippen LogP contribution in [0.3, 0.4) is 0 Å². The summed E-state index contributed by atoms with van der Waals surface area (Å²) >= 11 is 0. The fourth-order valence-electron chi connectivity index (χ4n) is 3.24. The number of amides is 1. The van der Waals surface area contributed by atoms with Crippen molar-refractivity contribution in [2.75, 3.05) is 18.4 Å². The van der Waals surface area contributed by atoms with E-state index in [-0.39, 0.29) is 5.91 Å². The predicted molar refractivity (Wildman–Crippen MR) is 88.6 cm³/mol. The summed E-state index contributed by atoms with van der Waals surface area (Å²) < 4.78 is 2.19. The van der Waals surface area contributed by atoms with Crippen molar-refractivity contribution in [2.24, 2.45) is 7.05 Å². The van der Waals surface area contributed by atoms with Gasteiger partial charge in [-0.25, -0.2) is 0 Å². The normalized spacial score (nSPS) is 18.5. The molecule has 0 spiro atoms. The molecular formula is C18H23N3O. The van der Waals surface area contributed by atoms with Gasteiger partial charge in [0.1, 0.15) is 0 Å². The van der Waals surface area contributed by atoms with Gasteiger partial charge in [-0.1, -0.05) is 18.2 Å². The van der Waals surface area contributed by atoms with Gasteiger partial charge in [-0.2, -0.15) is 0 Å². The minimum absolute atomic E-state index is 0.0868. The van der Waals surface area contributed by atoms with Crippen LogP contribution in [-0.2, 0) is 11.8 Å². The Morgan fingerprint density at radius 2 is 2.05 bits per heavy atom. The third-order valence-electron chi connectivity index (χ3n) is 4.37. The van der Waals surface area contributed by atoms with Crippen molar-refractivity contribution < 1.29 is 4.79 Å². The highest BCUT2D eigenvalue weighted by Crippen LogP contribution is 2.31. The second-order valence-corrected chi connectivity index (χ2v) is 5.90. The number of carbonyl (C=O) groups is 1. The highest BCUT2D eigenvalue weighted by molar-refractivity contribution is 5.90. The molecule has 4 nitrogen and oxygen atoms in total. The van der Waals surface area contributed by atoms with Gasteiger partial charge >= 0.3 is 0 Å². The number of anilines is 1. The summed E-state index contributed by atoms with van der Waals surface area (Å²) in [6, 6.07) is 14.4. The summed E-state index contributed by atoms with van der Waals surface area (Å²) in [5.74, 6) is 0.0868. The Hall–Kier alpha value is -2.07. The van der Waals surface area contributed by atoms with Crippen molar-refractivity contribution in [2.45, 2.75) is 25.3 Å². The van der Waals surface area contributed by atoms with Gasteiger partial charge < -0.3 is 9.88 Å². The number of nitrogens with zero attached hydrogens (tertiary/aromatic N) is 2. The molecule has 1 aliphatic rings. The molecule has 0 saturated carbocycles. The Labute approximate surface area is 131 Å². The lowest BCUT2D eigenvalue weighted by Gasteiger charge is -2.24. The van der Waals surface area contributed by atoms with E-state index in [1.54, 1.807) is 0 Å². The molecule has 1 aromatic carbocycles. The van der Waals surface area contributed by atoms with E-state index in [4.69, 9.17) is 0 Å². The van der Waals surface area contributed by atoms with E-state index >= 15 is 0 Å². The summed E-state index contributed by atoms with van der Waals surface area (Å²) in [5, 5.41) is 2.96. The number of aromatic nitrogens is 1. The van der Waals surface area contributed by atoms with E-state index in [9.17, 15) is 4.79 Å². The number of hydrogen-bond acceptors (Lipinski definition) is 2. The first-order chi connectivity index (χ1) is 10.7. The first-order valence-electron chi connectivity index (χ1n) is 7.94. The second kappa shape index (κ2) is 6.79. The van der Waals surface area contributed by atoms with Crippen molar-refractivity contribution in [3.63, 3.8) is 0 Å². The molecule has 0 unspecified atom stereocenters. The van der Waals surface area contributed by atoms with Crippen molar-refractivity contribution in [1.82, 2.24) is 9.47 Å². The van der Waals surface area contributed by atoms with Crippen LogP contribution >= 0.6 is 0 Å². The molecule has 1 amide bonds. The average Bonchev–Trinajstić information content (AvgIpc) is 3.14. The number of carbonyl (C=O) groups excluding carboxylic acids is 1. The zero-order valence-corrected chi connectivity index (χ0v) is 13.0. The van der Waals surface area contributed by atoms with Crippen LogP contribution in [0.1, 0.15) is 31.0 Å². The number of para-hydroxylation sites is 1. The summed E-state index contributed by atoms with van der Waals surface area (Å²) in [6.07, 6.45) is 5.01. The highest BCUT2D eigenvalue weighted by atomic mass is 16.1. The van der Waals surface area contributed by atoms with Crippen LogP contribution in [0, 0.1) is 0 Å². The van der Waals surface area contributed by atoms with E-state index in [1.165, 1.54) is 18.5 Å². The van der Waals surface area contributed by atoms with Gasteiger partial charge in [0, 0.05) is 37.6 Å². The summed E-state index contributed by atoms with van der Waals surface area (Å²) in [7, 11) is 2.09. The standard InChI is InChI=1S/C18H23N3O/c1-20-12-5-9-16(20)17-10-6-13-21(17)14-11-18(22)19-15-7-3-2-4-8-15/h2-5,7-9,12,17H,6,10-11,13-14H2,1H3,(H,19,22)/t17-/m1/s1. The molecule has 1 fully saturated rings. The van der Waals surface area contributed by atoms with Crippen molar-refractivity contribution in [3.05, 3.63) is 54.4 Å². The Morgan fingerprint density at radius 1 is 1.23 bits per heavy atom. The SMILES string of the molecule is Cn1cccc1[C@H]1CCCN1CCC(=O)Nc1ccccc1. The first kappa shape index (κ1) is 14.9. The minimum atomic E-state index is 0.0868. The Balaban J connectivity index is 1.54. The van der Waals surface area contributed by atoms with Gasteiger partial charge in [0.25, 0.3) is 0 Å². The molecule has 1 saturated heterocycles. The Bertz CT molecular complexity index is 620. The van der Waals surface area contributed by atoms with E-state index in [0.717, 1.165) is 18.8 Å². The van der Waals surface area contributed by atoms with E-state index in [0.29, 0.717) is 12.5 Å². The minimum Gasteiger partial charge on any atom is -0.353 e. The number of likely N-dealkylation sites (tertiary alicyclic amines) is 1. The Morgan fingerprint density at radius 3 is 2.77 bits per heavy atom. The number of nitrogens with one attached hydrogen (secondary N) is 1. The molecule has 0 aliphatic carbocycles. The third-order valence-corrected chi connectivity index (χ3v) is 4.37. The quantitative estimate of drug-likeness (QED) is 0.920. The van der Waals surface area contributed by atoms with Crippen LogP contribution in [0.25, 0.3) is 0 Å². The largest absolute Gasteiger partial charge is 0.353 e. The maximum atomic E-state index is 12.1. The maximum absolute atomic E-state index is 12.1. The molecule has 3 rings (SSSR count). The Kier molecular flexibility index (Phi) is 4.59. The van der Waals surface area contributed by atoms with Gasteiger partial charge in [-0.05, 0) is 43.7 Å². The molecule has 1 atom stereocenters. The molecule has 116 valence electrons. The topological polar surface area (TPSA) is 37.3 Å². The highest BCUT2D eigenvalue weighted by Gasteiger charge is 2.27. The van der Waals surface area contributed by atoms with Crippen molar-refractivity contribution >= 4 is 11.6 Å². The molecule has 2 aromatic rings. The van der Waals surface area contributed by atoms with Crippen molar-refractivity contribution in [1.29, 1.82) is 0 Å². The zero-order chi connectivity index (χ0) is 15.4. The molecular weight excluding hydrogens is 274 g/mol. The van der Waals surface area contributed by atoms with Gasteiger partial charge in [0.2, 0.25) is 5.91 Å². The molecule has 22 heavy (non-hydrogen) atoms. The van der Waals surface area contributed by atoms with E-state index < -0.39 is 0 Å². The van der Waals surface area contributed by atoms with Gasteiger partial charge in [-0.3, -0.25) is 9.69 Å². The maximum Gasteiger partial charge on any atom is 0.225 e. The van der Waals surface area contributed by atoms with Crippen LogP contribution in [0.4, 0.5) is 5.69 Å². The molecule has 1 aromatic heterocycles. The van der Waals surface area contributed by atoms with Gasteiger partial charge in [0.05, 0.1) is 6.04 Å². The van der Waals surface area contributed by atoms with Crippen molar-refractivity contribution in [3.8, 4) is 0 Å². The van der Waals surface area contributed by atoms with Crippen LogP contribution < -0.4 is 5.32 Å². The molecule has 0 radical (unpaired) electrons. The van der Waals surface area contributed by atoms with E-state index in [2.05, 4.69) is 40.2 Å². The monoisotopic (exact) mass is 297 g/mol. The lowest BCUT2D eigenvalue weighted by molar-refractivity contribution is -0.116. The number of aryl methyl sites for hydroxylation is 1. The lowest BCUT2D eigenvalue weighted by atomic mass is 10.1. The fraction of sp³-hybridized carbons (Fsp3) is 0.389. The summed E-state index contributed by atoms with van der Waals surface area (Å²) in [4.78, 5) is 14.5. The van der Waals surface area contributed by atoms with Gasteiger partial charge in [-0.15, -0.1) is 0 Å². The van der Waals surface area contributed by atoms with E-state index in [1.807, 2.05) is 30.3 Å². The molecule has 1 aliphatic heterocycles. The zero-order valence-electron chi connectivity index (χ0n) is 13.0. The first-order valence-corrected chi connectivity index (χ1v) is 7.94. The number of rotatable bonds is 5. The summed E-state index contributed by atoms with van der Waals surface area (Å²) in [5.41, 5.74) is 2.22. The van der Waals surface area contributed by atoms with Crippen LogP contribution in [0.2, 0.25) is 0 Å². The molecule has 4 heteroatoms. The third kappa shape index (κ3) is 3.39. The fourth-order valence-corrected chi connectivity index (χ4v) is 3.24. The molecule has 2 heterocycles. The second-order valence-electron chi connectivity index (χ2n) is 5.90. The predicted octanol–water partition coefficient (Wildman–Crippen LogP) is 3.19. The number of hydrogen-bond donors (Lipinski definition) is 1. The number of benzene rings is 1. The molecule has 0 bridgehead atoms. The van der Waals surface area contributed by atoms with Gasteiger partial charge in [0.15, 0.2) is 0 Å². The lowest BCUT2D eigenvalue weighted by Crippen LogP contribution is -2.28.